The van der Waals surface area contributed by atoms with Crippen LogP contribution >= 0.6 is 11.6 Å². The maximum absolute atomic E-state index is 13.3. The predicted octanol–water partition coefficient (Wildman–Crippen LogP) is 4.60. The molecule has 0 amide bonds. The molecule has 4 aromatic rings. The van der Waals surface area contributed by atoms with E-state index < -0.39 is 4.92 Å². The van der Waals surface area contributed by atoms with E-state index >= 15 is 0 Å². The summed E-state index contributed by atoms with van der Waals surface area (Å²) in [7, 11) is 0. The first-order valence-corrected chi connectivity index (χ1v) is 9.35. The highest BCUT2D eigenvalue weighted by Crippen LogP contribution is 2.19. The van der Waals surface area contributed by atoms with Crippen LogP contribution in [0.25, 0.3) is 10.9 Å². The van der Waals surface area contributed by atoms with E-state index in [-0.39, 0.29) is 23.2 Å². The number of rotatable bonds is 5. The van der Waals surface area contributed by atoms with Gasteiger partial charge in [0.15, 0.2) is 0 Å². The Balaban J connectivity index is 1.89. The quantitative estimate of drug-likeness (QED) is 0.359. The zero-order valence-electron chi connectivity index (χ0n) is 15.3. The average Bonchev–Trinajstić information content (AvgIpc) is 2.71. The Hall–Kier alpha value is -3.51. The van der Waals surface area contributed by atoms with Gasteiger partial charge in [-0.3, -0.25) is 19.5 Å². The third-order valence-corrected chi connectivity index (χ3v) is 4.90. The highest BCUT2D eigenvalue weighted by Gasteiger charge is 2.15. The van der Waals surface area contributed by atoms with Crippen LogP contribution in [-0.2, 0) is 13.0 Å². The van der Waals surface area contributed by atoms with Gasteiger partial charge in [-0.25, -0.2) is 4.98 Å². The van der Waals surface area contributed by atoms with E-state index in [1.165, 1.54) is 18.2 Å². The second kappa shape index (κ2) is 7.85. The Morgan fingerprint density at radius 3 is 2.45 bits per heavy atom. The van der Waals surface area contributed by atoms with E-state index in [1.54, 1.807) is 16.7 Å². The molecule has 0 radical (unpaired) electrons. The second-order valence-electron chi connectivity index (χ2n) is 6.67. The van der Waals surface area contributed by atoms with Gasteiger partial charge in [-0.15, -0.1) is 0 Å². The molecule has 7 heteroatoms. The van der Waals surface area contributed by atoms with Gasteiger partial charge in [0.25, 0.3) is 11.2 Å². The molecule has 0 saturated carbocycles. The maximum atomic E-state index is 13.3. The van der Waals surface area contributed by atoms with Crippen LogP contribution in [0.5, 0.6) is 0 Å². The summed E-state index contributed by atoms with van der Waals surface area (Å²) in [5.74, 6) is 0.586. The van der Waals surface area contributed by atoms with Crippen molar-refractivity contribution < 1.29 is 4.92 Å². The topological polar surface area (TPSA) is 78.0 Å². The predicted molar refractivity (Wildman–Crippen MR) is 112 cm³/mol. The lowest BCUT2D eigenvalue weighted by Gasteiger charge is -2.14. The summed E-state index contributed by atoms with van der Waals surface area (Å²) in [5, 5.41) is 11.9. The zero-order chi connectivity index (χ0) is 20.4. The number of aromatic nitrogens is 2. The first-order valence-electron chi connectivity index (χ1n) is 8.97. The monoisotopic (exact) mass is 405 g/mol. The molecule has 0 spiro atoms. The molecule has 0 saturated heterocycles. The molecule has 0 bridgehead atoms. The Labute approximate surface area is 171 Å². The van der Waals surface area contributed by atoms with Crippen LogP contribution in [-0.4, -0.2) is 14.5 Å². The van der Waals surface area contributed by atoms with Gasteiger partial charge in [-0.05, 0) is 29.3 Å². The molecule has 1 aromatic heterocycles. The molecule has 0 fully saturated rings. The van der Waals surface area contributed by atoms with Gasteiger partial charge in [-0.2, -0.15) is 0 Å². The molecule has 4 rings (SSSR count). The van der Waals surface area contributed by atoms with E-state index in [0.29, 0.717) is 22.8 Å². The van der Waals surface area contributed by atoms with Crippen molar-refractivity contribution in [3.8, 4) is 0 Å². The molecule has 0 aliphatic heterocycles. The standard InChI is InChI=1S/C22H16ClN3O3/c23-17-8-4-7-16(11-17)14-25-21(12-15-5-2-1-3-6-15)24-20-10-9-18(26(28)29)13-19(20)22(25)27/h1-11,13H,12,14H2. The van der Waals surface area contributed by atoms with E-state index in [1.807, 2.05) is 42.5 Å². The number of fused-ring (bicyclic) bond motifs is 1. The number of hydrogen-bond donors (Lipinski definition) is 0. The number of halogens is 1. The highest BCUT2D eigenvalue weighted by molar-refractivity contribution is 6.30. The Morgan fingerprint density at radius 1 is 0.966 bits per heavy atom. The third-order valence-electron chi connectivity index (χ3n) is 4.66. The van der Waals surface area contributed by atoms with Gasteiger partial charge in [-0.1, -0.05) is 54.1 Å². The zero-order valence-corrected chi connectivity index (χ0v) is 16.0. The Kier molecular flexibility index (Phi) is 5.10. The first kappa shape index (κ1) is 18.8. The number of nitrogens with zero attached hydrogens (tertiary/aromatic N) is 3. The van der Waals surface area contributed by atoms with Crippen molar-refractivity contribution in [3.63, 3.8) is 0 Å². The summed E-state index contributed by atoms with van der Waals surface area (Å²) in [5.41, 5.74) is 1.85. The summed E-state index contributed by atoms with van der Waals surface area (Å²) >= 11 is 6.09. The fourth-order valence-corrected chi connectivity index (χ4v) is 3.48. The molecule has 3 aromatic carbocycles. The second-order valence-corrected chi connectivity index (χ2v) is 7.11. The summed E-state index contributed by atoms with van der Waals surface area (Å²) in [6.07, 6.45) is 0.462. The van der Waals surface area contributed by atoms with E-state index in [9.17, 15) is 14.9 Å². The minimum absolute atomic E-state index is 0.137. The van der Waals surface area contributed by atoms with Crippen LogP contribution in [0.2, 0.25) is 5.02 Å². The van der Waals surface area contributed by atoms with Crippen molar-refractivity contribution in [2.24, 2.45) is 0 Å². The van der Waals surface area contributed by atoms with Crippen molar-refractivity contribution in [2.45, 2.75) is 13.0 Å². The van der Waals surface area contributed by atoms with Crippen molar-refractivity contribution in [1.82, 2.24) is 9.55 Å². The van der Waals surface area contributed by atoms with E-state index in [0.717, 1.165) is 11.1 Å². The molecule has 0 atom stereocenters. The highest BCUT2D eigenvalue weighted by atomic mass is 35.5. The van der Waals surface area contributed by atoms with Gasteiger partial charge in [0.2, 0.25) is 0 Å². The summed E-state index contributed by atoms with van der Waals surface area (Å²) in [4.78, 5) is 28.6. The molecule has 0 unspecified atom stereocenters. The average molecular weight is 406 g/mol. The molecule has 0 aliphatic carbocycles. The van der Waals surface area contributed by atoms with Gasteiger partial charge < -0.3 is 0 Å². The molecular weight excluding hydrogens is 390 g/mol. The third kappa shape index (κ3) is 4.02. The van der Waals surface area contributed by atoms with Gasteiger partial charge in [0, 0.05) is 23.6 Å². The van der Waals surface area contributed by atoms with Crippen molar-refractivity contribution in [2.75, 3.05) is 0 Å². The number of nitro groups is 1. The SMILES string of the molecule is O=c1c2cc([N+](=O)[O-])ccc2nc(Cc2ccccc2)n1Cc1cccc(Cl)c1. The Bertz CT molecular complexity index is 1270. The van der Waals surface area contributed by atoms with Crippen molar-refractivity contribution in [1.29, 1.82) is 0 Å². The lowest BCUT2D eigenvalue weighted by molar-refractivity contribution is -0.384. The van der Waals surface area contributed by atoms with E-state index in [2.05, 4.69) is 4.98 Å². The summed E-state index contributed by atoms with van der Waals surface area (Å²) in [6.45, 7) is 0.271. The largest absolute Gasteiger partial charge is 0.291 e. The minimum atomic E-state index is -0.516. The van der Waals surface area contributed by atoms with Crippen LogP contribution in [0.1, 0.15) is 17.0 Å². The van der Waals surface area contributed by atoms with Crippen LogP contribution < -0.4 is 5.56 Å². The molecule has 29 heavy (non-hydrogen) atoms. The van der Waals surface area contributed by atoms with Crippen LogP contribution in [0, 0.1) is 10.1 Å². The number of benzene rings is 3. The summed E-state index contributed by atoms with van der Waals surface area (Å²) < 4.78 is 1.56. The molecule has 1 heterocycles. The number of non-ortho nitro benzene ring substituents is 1. The van der Waals surface area contributed by atoms with Crippen LogP contribution in [0.4, 0.5) is 5.69 Å². The fraction of sp³-hybridized carbons (Fsp3) is 0.0909. The van der Waals surface area contributed by atoms with Gasteiger partial charge >= 0.3 is 0 Å². The fourth-order valence-electron chi connectivity index (χ4n) is 3.26. The molecule has 144 valence electrons. The van der Waals surface area contributed by atoms with E-state index in [4.69, 9.17) is 11.6 Å². The van der Waals surface area contributed by atoms with Crippen molar-refractivity contribution in [3.05, 3.63) is 115 Å². The molecule has 6 nitrogen and oxygen atoms in total. The summed E-state index contributed by atoms with van der Waals surface area (Å²) in [6, 6.07) is 21.1. The van der Waals surface area contributed by atoms with Crippen LogP contribution in [0.3, 0.4) is 0 Å². The molecule has 0 N–H and O–H groups in total. The van der Waals surface area contributed by atoms with Gasteiger partial charge in [0.1, 0.15) is 5.82 Å². The molecular formula is C22H16ClN3O3. The lowest BCUT2D eigenvalue weighted by atomic mass is 10.1. The smallest absolute Gasteiger partial charge is 0.270 e. The minimum Gasteiger partial charge on any atom is -0.291 e. The molecule has 0 aliphatic rings. The lowest BCUT2D eigenvalue weighted by Crippen LogP contribution is -2.26. The normalized spacial score (nSPS) is 10.9. The van der Waals surface area contributed by atoms with Crippen molar-refractivity contribution >= 4 is 28.2 Å². The van der Waals surface area contributed by atoms with Crippen LogP contribution in [0.15, 0.2) is 77.6 Å². The Morgan fingerprint density at radius 2 is 1.72 bits per heavy atom. The first-order chi connectivity index (χ1) is 14.0. The number of hydrogen-bond acceptors (Lipinski definition) is 4. The maximum Gasteiger partial charge on any atom is 0.270 e. The van der Waals surface area contributed by atoms with Gasteiger partial charge in [0.05, 0.1) is 22.4 Å². The number of nitro benzene ring substituents is 1.